The van der Waals surface area contributed by atoms with Crippen molar-refractivity contribution in [1.29, 1.82) is 0 Å². The molecule has 0 fully saturated rings. The van der Waals surface area contributed by atoms with E-state index in [2.05, 4.69) is 25.9 Å². The molecule has 0 aliphatic rings. The zero-order chi connectivity index (χ0) is 11.5. The van der Waals surface area contributed by atoms with Crippen molar-refractivity contribution in [1.82, 2.24) is 14.9 Å². The lowest BCUT2D eigenvalue weighted by atomic mass is 10.3. The van der Waals surface area contributed by atoms with Crippen LogP contribution in [0.25, 0.3) is 0 Å². The zero-order valence-electron chi connectivity index (χ0n) is 8.61. The van der Waals surface area contributed by atoms with E-state index in [0.717, 1.165) is 9.61 Å². The van der Waals surface area contributed by atoms with E-state index in [9.17, 15) is 4.79 Å². The summed E-state index contributed by atoms with van der Waals surface area (Å²) in [6.07, 6.45) is 3.42. The minimum absolute atomic E-state index is 0.00153. The van der Waals surface area contributed by atoms with Crippen LogP contribution in [0.3, 0.4) is 0 Å². The Balaban J connectivity index is 2.05. The molecule has 0 spiro atoms. The number of nitrogens with one attached hydrogen (secondary N) is 1. The highest BCUT2D eigenvalue weighted by molar-refractivity contribution is 9.11. The lowest BCUT2D eigenvalue weighted by molar-refractivity contribution is 0.0782. The molecule has 0 saturated heterocycles. The largest absolute Gasteiger partial charge is 0.347 e. The van der Waals surface area contributed by atoms with Crippen LogP contribution in [0.2, 0.25) is 0 Å². The SMILES string of the molecule is CN(Cc1ncc[nH]1)C(=O)c1csc(Br)c1. The first-order chi connectivity index (χ1) is 7.66. The van der Waals surface area contributed by atoms with E-state index in [4.69, 9.17) is 0 Å². The highest BCUT2D eigenvalue weighted by Gasteiger charge is 2.14. The Morgan fingerprint density at radius 3 is 3.06 bits per heavy atom. The zero-order valence-corrected chi connectivity index (χ0v) is 11.0. The van der Waals surface area contributed by atoms with Crippen LogP contribution in [0.5, 0.6) is 0 Å². The van der Waals surface area contributed by atoms with E-state index in [1.54, 1.807) is 24.3 Å². The van der Waals surface area contributed by atoms with Crippen LogP contribution < -0.4 is 0 Å². The minimum atomic E-state index is -0.00153. The number of halogens is 1. The summed E-state index contributed by atoms with van der Waals surface area (Å²) in [5, 5.41) is 1.84. The molecule has 2 rings (SSSR count). The van der Waals surface area contributed by atoms with Gasteiger partial charge in [-0.05, 0) is 22.0 Å². The quantitative estimate of drug-likeness (QED) is 0.947. The Morgan fingerprint density at radius 1 is 1.69 bits per heavy atom. The minimum Gasteiger partial charge on any atom is -0.347 e. The third kappa shape index (κ3) is 2.51. The molecular formula is C10H10BrN3OS. The maximum absolute atomic E-state index is 12.0. The van der Waals surface area contributed by atoms with Crippen LogP contribution in [0.4, 0.5) is 0 Å². The molecule has 0 radical (unpaired) electrons. The normalized spacial score (nSPS) is 10.4. The van der Waals surface area contributed by atoms with Crippen molar-refractivity contribution < 1.29 is 4.79 Å². The Hall–Kier alpha value is -1.14. The number of aromatic nitrogens is 2. The summed E-state index contributed by atoms with van der Waals surface area (Å²) in [6, 6.07) is 1.83. The number of hydrogen-bond donors (Lipinski definition) is 1. The number of aromatic amines is 1. The van der Waals surface area contributed by atoms with Crippen LogP contribution >= 0.6 is 27.3 Å². The van der Waals surface area contributed by atoms with Crippen molar-refractivity contribution in [2.24, 2.45) is 0 Å². The maximum atomic E-state index is 12.0. The van der Waals surface area contributed by atoms with Crippen LogP contribution in [0.15, 0.2) is 27.6 Å². The smallest absolute Gasteiger partial charge is 0.254 e. The molecule has 16 heavy (non-hydrogen) atoms. The van der Waals surface area contributed by atoms with Crippen LogP contribution in [-0.4, -0.2) is 27.8 Å². The molecule has 1 N–H and O–H groups in total. The summed E-state index contributed by atoms with van der Waals surface area (Å²) in [6.45, 7) is 0.485. The van der Waals surface area contributed by atoms with E-state index < -0.39 is 0 Å². The van der Waals surface area contributed by atoms with Gasteiger partial charge in [0, 0.05) is 24.8 Å². The molecule has 0 saturated carbocycles. The predicted octanol–water partition coefficient (Wildman–Crippen LogP) is 2.51. The van der Waals surface area contributed by atoms with Gasteiger partial charge in [-0.15, -0.1) is 11.3 Å². The molecule has 2 aromatic rings. The van der Waals surface area contributed by atoms with E-state index in [1.165, 1.54) is 11.3 Å². The van der Waals surface area contributed by atoms with E-state index in [0.29, 0.717) is 12.1 Å². The van der Waals surface area contributed by atoms with Gasteiger partial charge in [0.05, 0.1) is 15.9 Å². The van der Waals surface area contributed by atoms with E-state index >= 15 is 0 Å². The molecule has 0 atom stereocenters. The number of amides is 1. The number of rotatable bonds is 3. The highest BCUT2D eigenvalue weighted by atomic mass is 79.9. The van der Waals surface area contributed by atoms with Gasteiger partial charge in [0.2, 0.25) is 0 Å². The molecule has 6 heteroatoms. The van der Waals surface area contributed by atoms with Crippen LogP contribution in [0, 0.1) is 0 Å². The predicted molar refractivity (Wildman–Crippen MR) is 66.4 cm³/mol. The highest BCUT2D eigenvalue weighted by Crippen LogP contribution is 2.21. The first-order valence-corrected chi connectivity index (χ1v) is 6.32. The molecule has 4 nitrogen and oxygen atoms in total. The average molecular weight is 300 g/mol. The number of carbonyl (C=O) groups is 1. The van der Waals surface area contributed by atoms with Crippen molar-refractivity contribution in [3.63, 3.8) is 0 Å². The van der Waals surface area contributed by atoms with Gasteiger partial charge >= 0.3 is 0 Å². The molecule has 0 aliphatic carbocycles. The second kappa shape index (κ2) is 4.80. The number of thiophene rings is 1. The number of carbonyl (C=O) groups excluding carboxylic acids is 1. The molecule has 0 aromatic carbocycles. The summed E-state index contributed by atoms with van der Waals surface area (Å²) < 4.78 is 0.960. The Morgan fingerprint density at radius 2 is 2.50 bits per heavy atom. The van der Waals surface area contributed by atoms with Crippen molar-refractivity contribution in [2.75, 3.05) is 7.05 Å². The van der Waals surface area contributed by atoms with Crippen molar-refractivity contribution in [3.8, 4) is 0 Å². The van der Waals surface area contributed by atoms with Gasteiger partial charge in [-0.2, -0.15) is 0 Å². The Labute approximate surface area is 105 Å². The van der Waals surface area contributed by atoms with E-state index in [-0.39, 0.29) is 5.91 Å². The summed E-state index contributed by atoms with van der Waals surface area (Å²) in [4.78, 5) is 20.6. The van der Waals surface area contributed by atoms with Crippen LogP contribution in [-0.2, 0) is 6.54 Å². The maximum Gasteiger partial charge on any atom is 0.254 e. The molecule has 0 bridgehead atoms. The molecule has 1 amide bonds. The van der Waals surface area contributed by atoms with Gasteiger partial charge in [0.1, 0.15) is 5.82 Å². The molecule has 84 valence electrons. The number of nitrogens with zero attached hydrogens (tertiary/aromatic N) is 2. The van der Waals surface area contributed by atoms with Gasteiger partial charge in [0.15, 0.2) is 0 Å². The van der Waals surface area contributed by atoms with Gasteiger partial charge < -0.3 is 9.88 Å². The third-order valence-corrected chi connectivity index (χ3v) is 3.61. The molecule has 2 heterocycles. The first-order valence-electron chi connectivity index (χ1n) is 4.64. The molecule has 0 unspecified atom stereocenters. The topological polar surface area (TPSA) is 49.0 Å². The average Bonchev–Trinajstić information content (AvgIpc) is 2.88. The van der Waals surface area contributed by atoms with Gasteiger partial charge in [-0.1, -0.05) is 0 Å². The Bertz CT molecular complexity index is 480. The summed E-state index contributed by atoms with van der Waals surface area (Å²) >= 11 is 4.84. The fraction of sp³-hybridized carbons (Fsp3) is 0.200. The molecule has 2 aromatic heterocycles. The van der Waals surface area contributed by atoms with Crippen molar-refractivity contribution in [2.45, 2.75) is 6.54 Å². The summed E-state index contributed by atoms with van der Waals surface area (Å²) in [5.74, 6) is 0.781. The summed E-state index contributed by atoms with van der Waals surface area (Å²) in [5.41, 5.74) is 0.700. The second-order valence-corrected chi connectivity index (χ2v) is 5.63. The standard InChI is InChI=1S/C10H10BrN3OS/c1-14(5-9-12-2-3-13-9)10(15)7-4-8(11)16-6-7/h2-4,6H,5H2,1H3,(H,12,13). The van der Waals surface area contributed by atoms with Gasteiger partial charge in [-0.3, -0.25) is 4.79 Å². The fourth-order valence-electron chi connectivity index (χ4n) is 1.32. The first kappa shape index (κ1) is 11.3. The van der Waals surface area contributed by atoms with Crippen molar-refractivity contribution >= 4 is 33.2 Å². The fourth-order valence-corrected chi connectivity index (χ4v) is 2.45. The third-order valence-electron chi connectivity index (χ3n) is 2.10. The monoisotopic (exact) mass is 299 g/mol. The van der Waals surface area contributed by atoms with Gasteiger partial charge in [-0.25, -0.2) is 4.98 Å². The van der Waals surface area contributed by atoms with Crippen LogP contribution in [0.1, 0.15) is 16.2 Å². The number of H-pyrrole nitrogens is 1. The number of hydrogen-bond acceptors (Lipinski definition) is 3. The second-order valence-electron chi connectivity index (χ2n) is 3.34. The van der Waals surface area contributed by atoms with E-state index in [1.807, 2.05) is 11.4 Å². The summed E-state index contributed by atoms with van der Waals surface area (Å²) in [7, 11) is 1.76. The molecule has 0 aliphatic heterocycles. The van der Waals surface area contributed by atoms with Crippen molar-refractivity contribution in [3.05, 3.63) is 39.0 Å². The molecular weight excluding hydrogens is 290 g/mol. The van der Waals surface area contributed by atoms with Gasteiger partial charge in [0.25, 0.3) is 5.91 Å². The lowest BCUT2D eigenvalue weighted by Gasteiger charge is -2.14. The number of imidazole rings is 1. The Kier molecular flexibility index (Phi) is 3.40. The lowest BCUT2D eigenvalue weighted by Crippen LogP contribution is -2.26.